The highest BCUT2D eigenvalue weighted by molar-refractivity contribution is 5.03. The number of halogens is 6. The number of alkyl halides is 6. The lowest BCUT2D eigenvalue weighted by atomic mass is 10.1. The third-order valence-electron chi connectivity index (χ3n) is 1.89. The van der Waals surface area contributed by atoms with Crippen LogP contribution in [-0.4, -0.2) is 34.2 Å². The molecule has 1 atom stereocenters. The predicted molar refractivity (Wildman–Crippen MR) is 43.2 cm³/mol. The Morgan fingerprint density at radius 3 is 2.06 bits per heavy atom. The highest BCUT2D eigenvalue weighted by Gasteiger charge is 2.60. The fraction of sp³-hybridized carbons (Fsp3) is 0.714. The summed E-state index contributed by atoms with van der Waals surface area (Å²) < 4.78 is 77.5. The van der Waals surface area contributed by atoms with Crippen molar-refractivity contribution in [3.63, 3.8) is 0 Å². The third kappa shape index (κ3) is 3.10. The highest BCUT2D eigenvalue weighted by atomic mass is 19.4. The monoisotopic (exact) mass is 279 g/mol. The summed E-state index contributed by atoms with van der Waals surface area (Å²) in [5.74, 6) is -6.17. The van der Waals surface area contributed by atoms with Gasteiger partial charge in [-0.2, -0.15) is 31.3 Å². The van der Waals surface area contributed by atoms with Gasteiger partial charge >= 0.3 is 12.4 Å². The largest absolute Gasteiger partial charge is 0.409 e. The van der Waals surface area contributed by atoms with Crippen molar-refractivity contribution in [2.45, 2.75) is 24.3 Å². The smallest absolute Gasteiger partial charge is 0.394 e. The number of aliphatic hydroxyl groups excluding tert-OH is 1. The fourth-order valence-corrected chi connectivity index (χ4v) is 1.06. The van der Waals surface area contributed by atoms with E-state index in [1.807, 2.05) is 0 Å². The van der Waals surface area contributed by atoms with Gasteiger partial charge in [-0.05, 0) is 0 Å². The minimum Gasteiger partial charge on any atom is -0.394 e. The Morgan fingerprint density at radius 1 is 1.17 bits per heavy atom. The van der Waals surface area contributed by atoms with Crippen LogP contribution >= 0.6 is 0 Å². The predicted octanol–water partition coefficient (Wildman–Crippen LogP) is 1.27. The van der Waals surface area contributed by atoms with Crippen LogP contribution in [0.1, 0.15) is 23.7 Å². The van der Waals surface area contributed by atoms with Gasteiger partial charge in [0.2, 0.25) is 11.8 Å². The van der Waals surface area contributed by atoms with Crippen LogP contribution in [0.25, 0.3) is 0 Å². The second kappa shape index (κ2) is 4.72. The first kappa shape index (κ1) is 14.7. The van der Waals surface area contributed by atoms with Gasteiger partial charge in [0.1, 0.15) is 0 Å². The van der Waals surface area contributed by atoms with E-state index in [1.54, 1.807) is 0 Å². The van der Waals surface area contributed by atoms with Gasteiger partial charge in [-0.1, -0.05) is 5.16 Å². The summed E-state index contributed by atoms with van der Waals surface area (Å²) in [6.07, 6.45) is -11.2. The molecule has 0 aliphatic carbocycles. The van der Waals surface area contributed by atoms with Gasteiger partial charge in [0.15, 0.2) is 5.82 Å². The summed E-state index contributed by atoms with van der Waals surface area (Å²) in [6.45, 7) is -0.748. The molecule has 1 rings (SSSR count). The summed E-state index contributed by atoms with van der Waals surface area (Å²) in [4.78, 5) is 2.91. The van der Waals surface area contributed by atoms with E-state index in [2.05, 4.69) is 14.7 Å². The Morgan fingerprint density at radius 2 is 1.67 bits per heavy atom. The molecule has 11 heteroatoms. The van der Waals surface area contributed by atoms with Gasteiger partial charge in [0.05, 0.1) is 12.6 Å². The van der Waals surface area contributed by atoms with E-state index >= 15 is 0 Å². The Bertz CT molecular complexity index is 387. The molecule has 0 fully saturated rings. The van der Waals surface area contributed by atoms with Gasteiger partial charge in [0, 0.05) is 0 Å². The second-order valence-electron chi connectivity index (χ2n) is 3.30. The molecule has 0 radical (unpaired) electrons. The van der Waals surface area contributed by atoms with E-state index < -0.39 is 42.6 Å². The lowest BCUT2D eigenvalue weighted by Gasteiger charge is -2.19. The van der Waals surface area contributed by atoms with Crippen molar-refractivity contribution in [1.29, 1.82) is 0 Å². The lowest BCUT2D eigenvalue weighted by molar-refractivity contribution is -0.259. The third-order valence-corrected chi connectivity index (χ3v) is 1.89. The van der Waals surface area contributed by atoms with Crippen molar-refractivity contribution in [2.24, 2.45) is 5.73 Å². The maximum Gasteiger partial charge on any atom is 0.409 e. The molecule has 0 aromatic carbocycles. The minimum atomic E-state index is -5.62. The van der Waals surface area contributed by atoms with Crippen LogP contribution in [0.2, 0.25) is 0 Å². The molecule has 0 amide bonds. The summed E-state index contributed by atoms with van der Waals surface area (Å²) in [6, 6.07) is -1.32. The van der Waals surface area contributed by atoms with Crippen LogP contribution in [0.4, 0.5) is 26.3 Å². The molecule has 0 saturated carbocycles. The lowest BCUT2D eigenvalue weighted by Crippen LogP contribution is -2.34. The molecule has 1 heterocycles. The van der Waals surface area contributed by atoms with Crippen molar-refractivity contribution in [2.75, 3.05) is 6.61 Å². The number of nitrogens with zero attached hydrogens (tertiary/aromatic N) is 2. The highest BCUT2D eigenvalue weighted by Crippen LogP contribution is 2.45. The molecule has 0 aliphatic heterocycles. The number of rotatable bonds is 3. The van der Waals surface area contributed by atoms with Gasteiger partial charge in [0.25, 0.3) is 0 Å². The second-order valence-corrected chi connectivity index (χ2v) is 3.30. The van der Waals surface area contributed by atoms with Crippen LogP contribution in [-0.2, 0) is 0 Å². The normalized spacial score (nSPS) is 15.2. The average molecular weight is 279 g/mol. The molecule has 0 spiro atoms. The van der Waals surface area contributed by atoms with E-state index in [4.69, 9.17) is 10.8 Å². The van der Waals surface area contributed by atoms with Crippen molar-refractivity contribution < 1.29 is 36.0 Å². The maximum atomic E-state index is 12.3. The van der Waals surface area contributed by atoms with Crippen LogP contribution < -0.4 is 5.73 Å². The first-order chi connectivity index (χ1) is 8.07. The molecule has 18 heavy (non-hydrogen) atoms. The quantitative estimate of drug-likeness (QED) is 0.814. The standard InChI is InChI=1S/C7H7F6N3O2/c8-6(9,10)3(7(11,12)13)5-15-4(16-18-5)2(14)1-17/h2-3,17H,1,14H2. The molecular weight excluding hydrogens is 272 g/mol. The first-order valence-corrected chi connectivity index (χ1v) is 4.40. The van der Waals surface area contributed by atoms with Gasteiger partial charge in [-0.3, -0.25) is 0 Å². The fourth-order valence-electron chi connectivity index (χ4n) is 1.06. The molecule has 1 aromatic rings. The van der Waals surface area contributed by atoms with E-state index in [0.29, 0.717) is 0 Å². The Kier molecular flexibility index (Phi) is 3.86. The maximum absolute atomic E-state index is 12.3. The zero-order valence-electron chi connectivity index (χ0n) is 8.46. The molecular formula is C7H7F6N3O2. The van der Waals surface area contributed by atoms with Gasteiger partial charge < -0.3 is 15.4 Å². The van der Waals surface area contributed by atoms with Gasteiger partial charge in [-0.15, -0.1) is 0 Å². The topological polar surface area (TPSA) is 85.2 Å². The van der Waals surface area contributed by atoms with Crippen LogP contribution in [0, 0.1) is 0 Å². The summed E-state index contributed by atoms with van der Waals surface area (Å²) in [5.41, 5.74) is 5.13. The molecule has 0 aliphatic rings. The molecule has 0 saturated heterocycles. The minimum absolute atomic E-state index is 0.633. The molecule has 1 unspecified atom stereocenters. The van der Waals surface area contributed by atoms with Crippen LogP contribution in [0.3, 0.4) is 0 Å². The SMILES string of the molecule is NC(CO)c1noc(C(C(F)(F)F)C(F)(F)F)n1. The number of nitrogens with two attached hydrogens (primary N) is 1. The average Bonchev–Trinajstić information content (AvgIpc) is 2.60. The zero-order chi connectivity index (χ0) is 14.1. The Labute approximate surface area is 95.6 Å². The number of aliphatic hydroxyl groups is 1. The Hall–Kier alpha value is -1.36. The van der Waals surface area contributed by atoms with Crippen molar-refractivity contribution in [1.82, 2.24) is 10.1 Å². The van der Waals surface area contributed by atoms with Crippen molar-refractivity contribution in [3.05, 3.63) is 11.7 Å². The molecule has 5 nitrogen and oxygen atoms in total. The molecule has 104 valence electrons. The van der Waals surface area contributed by atoms with Gasteiger partial charge in [-0.25, -0.2) is 0 Å². The first-order valence-electron chi connectivity index (χ1n) is 4.40. The summed E-state index contributed by atoms with van der Waals surface area (Å²) >= 11 is 0. The molecule has 3 N–H and O–H groups in total. The van der Waals surface area contributed by atoms with Crippen molar-refractivity contribution >= 4 is 0 Å². The van der Waals surface area contributed by atoms with E-state index in [1.165, 1.54) is 0 Å². The number of hydrogen-bond acceptors (Lipinski definition) is 5. The summed E-state index contributed by atoms with van der Waals surface area (Å²) in [7, 11) is 0. The van der Waals surface area contributed by atoms with E-state index in [9.17, 15) is 26.3 Å². The number of aromatic nitrogens is 2. The van der Waals surface area contributed by atoms with Crippen LogP contribution in [0.5, 0.6) is 0 Å². The van der Waals surface area contributed by atoms with Crippen LogP contribution in [0.15, 0.2) is 4.52 Å². The molecule has 0 bridgehead atoms. The number of hydrogen-bond donors (Lipinski definition) is 2. The zero-order valence-corrected chi connectivity index (χ0v) is 8.46. The Balaban J connectivity index is 3.12. The van der Waals surface area contributed by atoms with E-state index in [-0.39, 0.29) is 0 Å². The van der Waals surface area contributed by atoms with Crippen molar-refractivity contribution in [3.8, 4) is 0 Å². The molecule has 1 aromatic heterocycles. The summed E-state index contributed by atoms with van der Waals surface area (Å²) in [5, 5.41) is 11.4. The van der Waals surface area contributed by atoms with E-state index in [0.717, 1.165) is 0 Å².